The Morgan fingerprint density at radius 1 is 1.00 bits per heavy atom. The van der Waals surface area contributed by atoms with Crippen LogP contribution in [0, 0.1) is 47.3 Å². The molecule has 0 aromatic rings. The Bertz CT molecular complexity index is 556. The second kappa shape index (κ2) is 3.18. The molecule has 0 bridgehead atoms. The summed E-state index contributed by atoms with van der Waals surface area (Å²) >= 11 is 0. The van der Waals surface area contributed by atoms with Crippen LogP contribution in [0.2, 0.25) is 0 Å². The van der Waals surface area contributed by atoms with Gasteiger partial charge in [0.15, 0.2) is 0 Å². The van der Waals surface area contributed by atoms with Gasteiger partial charge >= 0.3 is 17.9 Å². The van der Waals surface area contributed by atoms with Gasteiger partial charge in [-0.2, -0.15) is 0 Å². The Labute approximate surface area is 114 Å². The summed E-state index contributed by atoms with van der Waals surface area (Å²) in [5.41, 5.74) is 0. The second-order valence-electron chi connectivity index (χ2n) is 6.86. The van der Waals surface area contributed by atoms with Crippen molar-refractivity contribution in [2.75, 3.05) is 0 Å². The molecule has 106 valence electrons. The van der Waals surface area contributed by atoms with E-state index in [0.29, 0.717) is 6.42 Å². The second-order valence-corrected chi connectivity index (χ2v) is 6.86. The first kappa shape index (κ1) is 11.1. The molecule has 9 atom stereocenters. The molecule has 0 aromatic carbocycles. The van der Waals surface area contributed by atoms with E-state index in [1.807, 2.05) is 0 Å². The lowest BCUT2D eigenvalue weighted by atomic mass is 9.80. The summed E-state index contributed by atoms with van der Waals surface area (Å²) in [5, 5.41) is 9.44. The topological polar surface area (TPSA) is 89.9 Å². The average molecular weight is 278 g/mol. The first-order valence-corrected chi connectivity index (χ1v) is 7.21. The first-order valence-electron chi connectivity index (χ1n) is 7.21. The Morgan fingerprint density at radius 3 is 2.50 bits per heavy atom. The van der Waals surface area contributed by atoms with Crippen LogP contribution in [0.1, 0.15) is 12.8 Å². The molecule has 0 unspecified atom stereocenters. The predicted molar refractivity (Wildman–Crippen MR) is 60.8 cm³/mol. The van der Waals surface area contributed by atoms with Gasteiger partial charge in [-0.1, -0.05) is 0 Å². The van der Waals surface area contributed by atoms with Gasteiger partial charge in [0.2, 0.25) is 0 Å². The van der Waals surface area contributed by atoms with E-state index in [-0.39, 0.29) is 53.4 Å². The molecule has 5 aliphatic rings. The Balaban J connectivity index is 1.66. The van der Waals surface area contributed by atoms with Gasteiger partial charge in [0, 0.05) is 0 Å². The number of carbonyl (C=O) groups excluding carboxylic acids is 2. The van der Waals surface area contributed by atoms with Crippen LogP contribution in [0.25, 0.3) is 0 Å². The van der Waals surface area contributed by atoms with Gasteiger partial charge in [-0.3, -0.25) is 14.4 Å². The van der Waals surface area contributed by atoms with Crippen molar-refractivity contribution in [1.29, 1.82) is 0 Å². The number of fused-ring (bicyclic) bond motifs is 1. The quantitative estimate of drug-likeness (QED) is 0.692. The molecular weight excluding hydrogens is 264 g/mol. The largest absolute Gasteiger partial charge is 0.481 e. The van der Waals surface area contributed by atoms with Crippen LogP contribution in [0.5, 0.6) is 0 Å². The number of rotatable bonds is 1. The normalized spacial score (nSPS) is 57.5. The van der Waals surface area contributed by atoms with Crippen LogP contribution in [-0.4, -0.2) is 29.3 Å². The molecule has 0 spiro atoms. The molecule has 3 saturated carbocycles. The highest BCUT2D eigenvalue weighted by molar-refractivity contribution is 5.82. The molecule has 0 radical (unpaired) electrons. The average Bonchev–Trinajstić information content (AvgIpc) is 3.03. The third kappa shape index (κ3) is 1.00. The molecule has 3 aliphatic carbocycles. The highest BCUT2D eigenvalue weighted by Gasteiger charge is 2.75. The maximum absolute atomic E-state index is 12.1. The Morgan fingerprint density at radius 2 is 1.75 bits per heavy atom. The van der Waals surface area contributed by atoms with Crippen molar-refractivity contribution in [2.24, 2.45) is 47.3 Å². The summed E-state index contributed by atoms with van der Waals surface area (Å²) in [6.07, 6.45) is 0.546. The molecule has 5 rings (SSSR count). The first-order chi connectivity index (χ1) is 9.58. The van der Waals surface area contributed by atoms with Crippen LogP contribution < -0.4 is 0 Å². The van der Waals surface area contributed by atoms with Gasteiger partial charge in [0.25, 0.3) is 6.29 Å². The molecule has 2 heterocycles. The molecule has 5 fully saturated rings. The molecule has 1 N–H and O–H groups in total. The van der Waals surface area contributed by atoms with E-state index in [4.69, 9.17) is 9.47 Å². The van der Waals surface area contributed by atoms with E-state index in [1.165, 1.54) is 0 Å². The monoisotopic (exact) mass is 278 g/mol. The SMILES string of the molecule is O=C1O[C@H]2OC(=O)[C@H]3C[C@H]4C[C@@H](C(=O)O)[C@H]5[C@@H]1[C@@H]2[C@@H]3[C@@H]45. The fourth-order valence-corrected chi connectivity index (χ4v) is 6.07. The van der Waals surface area contributed by atoms with E-state index < -0.39 is 18.2 Å². The van der Waals surface area contributed by atoms with Crippen molar-refractivity contribution in [1.82, 2.24) is 0 Å². The molecule has 20 heavy (non-hydrogen) atoms. The number of esters is 2. The minimum absolute atomic E-state index is 0.0945. The summed E-state index contributed by atoms with van der Waals surface area (Å²) in [6, 6.07) is 0. The summed E-state index contributed by atoms with van der Waals surface area (Å²) in [6.45, 7) is 0. The lowest BCUT2D eigenvalue weighted by Crippen LogP contribution is -2.41. The zero-order valence-corrected chi connectivity index (χ0v) is 10.6. The van der Waals surface area contributed by atoms with Crippen molar-refractivity contribution in [3.63, 3.8) is 0 Å². The molecule has 6 heteroatoms. The van der Waals surface area contributed by atoms with Crippen molar-refractivity contribution < 1.29 is 29.0 Å². The van der Waals surface area contributed by atoms with E-state index >= 15 is 0 Å². The van der Waals surface area contributed by atoms with Gasteiger partial charge < -0.3 is 14.6 Å². The highest BCUT2D eigenvalue weighted by atomic mass is 16.7. The third-order valence-electron chi connectivity index (χ3n) is 6.42. The van der Waals surface area contributed by atoms with Crippen LogP contribution in [0.15, 0.2) is 0 Å². The van der Waals surface area contributed by atoms with Crippen LogP contribution in [-0.2, 0) is 23.9 Å². The zero-order chi connectivity index (χ0) is 13.8. The number of ether oxygens (including phenoxy) is 2. The lowest BCUT2D eigenvalue weighted by molar-refractivity contribution is -0.201. The van der Waals surface area contributed by atoms with Crippen LogP contribution in [0.3, 0.4) is 0 Å². The smallest absolute Gasteiger partial charge is 0.312 e. The zero-order valence-electron chi connectivity index (χ0n) is 10.6. The van der Waals surface area contributed by atoms with E-state index in [2.05, 4.69) is 0 Å². The number of carboxylic acid groups (broad SMARTS) is 1. The van der Waals surface area contributed by atoms with Gasteiger partial charge in [-0.15, -0.1) is 0 Å². The molecule has 2 saturated heterocycles. The predicted octanol–water partition coefficient (Wildman–Crippen LogP) is 0.261. The number of hydrogen-bond acceptors (Lipinski definition) is 5. The van der Waals surface area contributed by atoms with Crippen LogP contribution in [0.4, 0.5) is 0 Å². The fourth-order valence-electron chi connectivity index (χ4n) is 6.07. The Hall–Kier alpha value is -1.59. The Kier molecular flexibility index (Phi) is 1.77. The highest BCUT2D eigenvalue weighted by Crippen LogP contribution is 2.70. The van der Waals surface area contributed by atoms with Crippen molar-refractivity contribution >= 4 is 17.9 Å². The van der Waals surface area contributed by atoms with Crippen molar-refractivity contribution in [3.05, 3.63) is 0 Å². The van der Waals surface area contributed by atoms with Gasteiger partial charge in [-0.25, -0.2) is 0 Å². The van der Waals surface area contributed by atoms with Gasteiger partial charge in [-0.05, 0) is 36.5 Å². The van der Waals surface area contributed by atoms with Gasteiger partial charge in [0.05, 0.1) is 23.7 Å². The number of carboxylic acids is 1. The number of hydrogen-bond donors (Lipinski definition) is 1. The summed E-state index contributed by atoms with van der Waals surface area (Å²) in [7, 11) is 0. The fraction of sp³-hybridized carbons (Fsp3) is 0.786. The maximum atomic E-state index is 12.1. The molecule has 0 amide bonds. The third-order valence-corrected chi connectivity index (χ3v) is 6.42. The lowest BCUT2D eigenvalue weighted by Gasteiger charge is -2.32. The van der Waals surface area contributed by atoms with Crippen molar-refractivity contribution in [3.8, 4) is 0 Å². The van der Waals surface area contributed by atoms with E-state index in [0.717, 1.165) is 6.42 Å². The standard InChI is InChI=1S/C14H14O6/c15-11(16)4-1-3-2-5-8-6(3)7(4)9-10(8)14(19-12(5)17)20-13(9)18/h3-10,14H,1-2H2,(H,15,16)/t3-,4-,5+,6+,7-,8+,9-,10+,14-/m1/s1. The molecule has 2 aliphatic heterocycles. The summed E-state index contributed by atoms with van der Waals surface area (Å²) in [5.74, 6) is -2.16. The maximum Gasteiger partial charge on any atom is 0.312 e. The minimum Gasteiger partial charge on any atom is -0.481 e. The minimum atomic E-state index is -0.817. The van der Waals surface area contributed by atoms with E-state index in [1.54, 1.807) is 0 Å². The molecular formula is C14H14O6. The number of aliphatic carboxylic acids is 1. The van der Waals surface area contributed by atoms with Crippen molar-refractivity contribution in [2.45, 2.75) is 19.1 Å². The summed E-state index contributed by atoms with van der Waals surface area (Å²) in [4.78, 5) is 35.7. The van der Waals surface area contributed by atoms with Gasteiger partial charge in [0.1, 0.15) is 0 Å². The molecule has 6 nitrogen and oxygen atoms in total. The number of carbonyl (C=O) groups is 3. The molecule has 0 aromatic heterocycles. The summed E-state index contributed by atoms with van der Waals surface area (Å²) < 4.78 is 10.5. The van der Waals surface area contributed by atoms with E-state index in [9.17, 15) is 19.5 Å². The van der Waals surface area contributed by atoms with Crippen LogP contribution >= 0.6 is 0 Å².